The van der Waals surface area contributed by atoms with E-state index in [1.165, 1.54) is 0 Å². The molecule has 6 nitrogen and oxygen atoms in total. The van der Waals surface area contributed by atoms with E-state index in [9.17, 15) is 9.59 Å². The molecule has 0 atom stereocenters. The summed E-state index contributed by atoms with van der Waals surface area (Å²) in [5, 5.41) is 14.7. The summed E-state index contributed by atoms with van der Waals surface area (Å²) in [6, 6.07) is 23.2. The zero-order valence-electron chi connectivity index (χ0n) is 15.3. The van der Waals surface area contributed by atoms with E-state index in [1.54, 1.807) is 48.5 Å². The van der Waals surface area contributed by atoms with E-state index >= 15 is 0 Å². The molecule has 1 heterocycles. The fraction of sp³-hybridized carbons (Fsp3) is 0.0435. The maximum atomic E-state index is 12.5. The van der Waals surface area contributed by atoms with Gasteiger partial charge in [-0.25, -0.2) is 0 Å². The lowest BCUT2D eigenvalue weighted by atomic mass is 10.0. The molecule has 140 valence electrons. The first-order valence-corrected chi connectivity index (χ1v) is 9.01. The summed E-state index contributed by atoms with van der Waals surface area (Å²) in [5.74, 6) is -0.506. The number of anilines is 2. The fourth-order valence-corrected chi connectivity index (χ4v) is 3.07. The van der Waals surface area contributed by atoms with E-state index in [1.807, 2.05) is 24.3 Å². The Morgan fingerprint density at radius 1 is 1.03 bits per heavy atom. The van der Waals surface area contributed by atoms with Crippen molar-refractivity contribution in [1.82, 2.24) is 0 Å². The Morgan fingerprint density at radius 2 is 1.86 bits per heavy atom. The number of para-hydroxylation sites is 1. The molecule has 0 saturated heterocycles. The number of carbonyl (C=O) groups excluding carboxylic acids is 2. The maximum Gasteiger partial charge on any atom is 0.255 e. The van der Waals surface area contributed by atoms with E-state index in [0.717, 1.165) is 5.56 Å². The molecule has 0 bridgehead atoms. The van der Waals surface area contributed by atoms with E-state index < -0.39 is 0 Å². The summed E-state index contributed by atoms with van der Waals surface area (Å²) in [6.45, 7) is 0. The monoisotopic (exact) mass is 380 g/mol. The summed E-state index contributed by atoms with van der Waals surface area (Å²) in [5.41, 5.74) is 3.93. The van der Waals surface area contributed by atoms with Gasteiger partial charge in [0.25, 0.3) is 5.91 Å². The van der Waals surface area contributed by atoms with Gasteiger partial charge in [-0.1, -0.05) is 30.3 Å². The Bertz CT molecular complexity index is 1180. The van der Waals surface area contributed by atoms with Crippen LogP contribution in [0.5, 0.6) is 0 Å². The van der Waals surface area contributed by atoms with Gasteiger partial charge in [0.1, 0.15) is 0 Å². The van der Waals surface area contributed by atoms with Crippen LogP contribution in [0.1, 0.15) is 27.9 Å². The Balaban J connectivity index is 1.66. The van der Waals surface area contributed by atoms with Gasteiger partial charge < -0.3 is 10.6 Å². The van der Waals surface area contributed by atoms with Gasteiger partial charge in [-0.15, -0.1) is 0 Å². The predicted molar refractivity (Wildman–Crippen MR) is 111 cm³/mol. The molecule has 0 unspecified atom stereocenters. The Morgan fingerprint density at radius 3 is 2.66 bits per heavy atom. The van der Waals surface area contributed by atoms with Crippen molar-refractivity contribution < 1.29 is 9.59 Å². The molecular formula is C23H16N4O2. The molecule has 29 heavy (non-hydrogen) atoms. The van der Waals surface area contributed by atoms with E-state index in [-0.39, 0.29) is 18.2 Å². The lowest BCUT2D eigenvalue weighted by molar-refractivity contribution is -0.115. The highest BCUT2D eigenvalue weighted by atomic mass is 16.2. The number of nitrogens with zero attached hydrogens (tertiary/aromatic N) is 2. The van der Waals surface area contributed by atoms with Crippen LogP contribution in [0, 0.1) is 11.3 Å². The number of amides is 2. The fourth-order valence-electron chi connectivity index (χ4n) is 3.07. The summed E-state index contributed by atoms with van der Waals surface area (Å²) in [7, 11) is 0. The Labute approximate surface area is 167 Å². The first kappa shape index (κ1) is 18.1. The minimum Gasteiger partial charge on any atom is -0.324 e. The molecule has 3 aromatic rings. The Hall–Kier alpha value is -4.24. The second-order valence-corrected chi connectivity index (χ2v) is 6.53. The van der Waals surface area contributed by atoms with E-state index in [0.29, 0.717) is 33.9 Å². The van der Waals surface area contributed by atoms with Crippen LogP contribution in [0.3, 0.4) is 0 Å². The van der Waals surface area contributed by atoms with E-state index in [4.69, 9.17) is 5.26 Å². The van der Waals surface area contributed by atoms with Crippen LogP contribution in [0.2, 0.25) is 0 Å². The molecule has 0 fully saturated rings. The number of carbonyl (C=O) groups is 2. The average molecular weight is 380 g/mol. The number of hydrogen-bond donors (Lipinski definition) is 2. The molecule has 1 aliphatic heterocycles. The van der Waals surface area contributed by atoms with Crippen molar-refractivity contribution in [1.29, 1.82) is 5.26 Å². The van der Waals surface area contributed by atoms with Crippen LogP contribution in [0.15, 0.2) is 77.8 Å². The largest absolute Gasteiger partial charge is 0.324 e. The number of fused-ring (bicyclic) bond motifs is 1. The van der Waals surface area contributed by atoms with Crippen LogP contribution in [-0.2, 0) is 4.79 Å². The van der Waals surface area contributed by atoms with E-state index in [2.05, 4.69) is 21.7 Å². The summed E-state index contributed by atoms with van der Waals surface area (Å²) < 4.78 is 0. The van der Waals surface area contributed by atoms with Gasteiger partial charge in [-0.3, -0.25) is 14.6 Å². The van der Waals surface area contributed by atoms with Gasteiger partial charge in [0.15, 0.2) is 0 Å². The summed E-state index contributed by atoms with van der Waals surface area (Å²) >= 11 is 0. The molecular weight excluding hydrogens is 364 g/mol. The lowest BCUT2D eigenvalue weighted by Gasteiger charge is -2.09. The first-order valence-electron chi connectivity index (χ1n) is 9.01. The third kappa shape index (κ3) is 4.04. The zero-order valence-corrected chi connectivity index (χ0v) is 15.3. The smallest absolute Gasteiger partial charge is 0.255 e. The van der Waals surface area contributed by atoms with Crippen LogP contribution in [-0.4, -0.2) is 17.5 Å². The molecule has 2 N–H and O–H groups in total. The minimum absolute atomic E-state index is 0.0785. The topological polar surface area (TPSA) is 94.3 Å². The van der Waals surface area contributed by atoms with Crippen LogP contribution >= 0.6 is 0 Å². The van der Waals surface area contributed by atoms with Gasteiger partial charge >= 0.3 is 0 Å². The standard InChI is InChI=1S/C23H16N4O2/c24-14-15-5-4-6-16(11-15)20-13-22(28)27-21-12-17(9-10-19(21)26-20)23(29)25-18-7-2-1-3-8-18/h1-12H,13H2,(H,25,29)(H,27,28). The van der Waals surface area contributed by atoms with Crippen molar-refractivity contribution in [3.63, 3.8) is 0 Å². The normalized spacial score (nSPS) is 12.7. The second-order valence-electron chi connectivity index (χ2n) is 6.53. The van der Waals surface area contributed by atoms with Gasteiger partial charge in [0.2, 0.25) is 5.91 Å². The van der Waals surface area contributed by atoms with Crippen LogP contribution < -0.4 is 10.6 Å². The first-order chi connectivity index (χ1) is 14.1. The molecule has 0 aliphatic carbocycles. The molecule has 0 radical (unpaired) electrons. The molecule has 0 spiro atoms. The third-order valence-electron chi connectivity index (χ3n) is 4.47. The average Bonchev–Trinajstić information content (AvgIpc) is 2.91. The van der Waals surface area contributed by atoms with Crippen molar-refractivity contribution in [2.45, 2.75) is 6.42 Å². The van der Waals surface area contributed by atoms with Crippen molar-refractivity contribution in [3.05, 3.63) is 89.5 Å². The maximum absolute atomic E-state index is 12.5. The van der Waals surface area contributed by atoms with Crippen LogP contribution in [0.4, 0.5) is 17.1 Å². The highest BCUT2D eigenvalue weighted by Crippen LogP contribution is 2.30. The quantitative estimate of drug-likeness (QED) is 0.710. The van der Waals surface area contributed by atoms with Gasteiger partial charge in [-0.05, 0) is 48.0 Å². The zero-order chi connectivity index (χ0) is 20.2. The summed E-state index contributed by atoms with van der Waals surface area (Å²) in [6.07, 6.45) is 0.0785. The van der Waals surface area contributed by atoms with Gasteiger partial charge in [0, 0.05) is 11.3 Å². The van der Waals surface area contributed by atoms with Crippen molar-refractivity contribution in [2.75, 3.05) is 10.6 Å². The van der Waals surface area contributed by atoms with Crippen molar-refractivity contribution >= 4 is 34.6 Å². The Kier molecular flexibility index (Phi) is 4.87. The van der Waals surface area contributed by atoms with Gasteiger partial charge in [0.05, 0.1) is 35.1 Å². The van der Waals surface area contributed by atoms with Crippen LogP contribution in [0.25, 0.3) is 0 Å². The number of aliphatic imine (C=N–C) groups is 1. The highest BCUT2D eigenvalue weighted by molar-refractivity contribution is 6.17. The third-order valence-corrected chi connectivity index (χ3v) is 4.47. The second kappa shape index (κ2) is 7.79. The highest BCUT2D eigenvalue weighted by Gasteiger charge is 2.19. The van der Waals surface area contributed by atoms with Gasteiger partial charge in [-0.2, -0.15) is 5.26 Å². The number of rotatable bonds is 3. The van der Waals surface area contributed by atoms with Crippen molar-refractivity contribution in [3.8, 4) is 6.07 Å². The molecule has 0 aromatic heterocycles. The summed E-state index contributed by atoms with van der Waals surface area (Å²) in [4.78, 5) is 29.5. The molecule has 0 saturated carbocycles. The SMILES string of the molecule is N#Cc1cccc(C2=Nc3ccc(C(=O)Nc4ccccc4)cc3NC(=O)C2)c1. The number of nitriles is 1. The molecule has 2 amide bonds. The number of nitrogens with one attached hydrogen (secondary N) is 2. The number of hydrogen-bond acceptors (Lipinski definition) is 4. The molecule has 6 heteroatoms. The van der Waals surface area contributed by atoms with Crippen molar-refractivity contribution in [2.24, 2.45) is 4.99 Å². The molecule has 4 rings (SSSR count). The number of benzene rings is 3. The predicted octanol–water partition coefficient (Wildman–Crippen LogP) is 4.27. The molecule has 3 aromatic carbocycles. The lowest BCUT2D eigenvalue weighted by Crippen LogP contribution is -2.16. The molecule has 1 aliphatic rings. The minimum atomic E-state index is -0.275.